The number of benzene rings is 1. The van der Waals surface area contributed by atoms with Gasteiger partial charge in [0.1, 0.15) is 30.1 Å². The molecule has 2 N–H and O–H groups in total. The van der Waals surface area contributed by atoms with E-state index in [1.807, 2.05) is 0 Å². The number of pyridine rings is 1. The first-order valence-electron chi connectivity index (χ1n) is 12.6. The Morgan fingerprint density at radius 3 is 2.92 bits per heavy atom. The highest BCUT2D eigenvalue weighted by Crippen LogP contribution is 2.36. The summed E-state index contributed by atoms with van der Waals surface area (Å²) in [4.78, 5) is 47.0. The Morgan fingerprint density at radius 2 is 2.05 bits per heavy atom. The lowest BCUT2D eigenvalue weighted by atomic mass is 9.88. The van der Waals surface area contributed by atoms with Gasteiger partial charge in [0, 0.05) is 19.0 Å². The maximum atomic E-state index is 13.8. The smallest absolute Gasteiger partial charge is 0.416 e. The number of halogens is 1. The van der Waals surface area contributed by atoms with E-state index in [0.717, 1.165) is 12.6 Å². The van der Waals surface area contributed by atoms with Crippen molar-refractivity contribution in [3.63, 3.8) is 0 Å². The highest BCUT2D eigenvalue weighted by molar-refractivity contribution is 5.90. The minimum absolute atomic E-state index is 0.00971. The molecule has 3 aromatic rings. The number of fused-ring (bicyclic) bond motifs is 3. The van der Waals surface area contributed by atoms with Gasteiger partial charge in [-0.3, -0.25) is 14.5 Å². The fraction of sp³-hybridized carbons (Fsp3) is 0.423. The molecular formula is C26H26FN5O6. The van der Waals surface area contributed by atoms with Crippen molar-refractivity contribution in [3.8, 4) is 5.75 Å². The molecule has 3 aliphatic rings. The third kappa shape index (κ3) is 4.61. The number of hydrogen-bond acceptors (Lipinski definition) is 9. The number of rotatable bonds is 6. The van der Waals surface area contributed by atoms with E-state index in [-0.39, 0.29) is 50.1 Å². The molecule has 12 heteroatoms. The van der Waals surface area contributed by atoms with Gasteiger partial charge in [-0.15, -0.1) is 0 Å². The molecule has 0 unspecified atom stereocenters. The van der Waals surface area contributed by atoms with E-state index in [1.165, 1.54) is 22.8 Å². The molecule has 1 saturated carbocycles. The van der Waals surface area contributed by atoms with Crippen LogP contribution in [0.15, 0.2) is 41.3 Å². The second kappa shape index (κ2) is 9.76. The van der Waals surface area contributed by atoms with Crippen molar-refractivity contribution in [1.82, 2.24) is 19.9 Å². The number of ketones is 1. The van der Waals surface area contributed by atoms with E-state index in [1.54, 1.807) is 17.0 Å². The number of carbonyl (C=O) groups is 2. The zero-order chi connectivity index (χ0) is 26.4. The van der Waals surface area contributed by atoms with Crippen LogP contribution in [-0.2, 0) is 22.5 Å². The lowest BCUT2D eigenvalue weighted by Crippen LogP contribution is -2.47. The summed E-state index contributed by atoms with van der Waals surface area (Å²) in [6.45, 7) is 0.208. The number of aliphatic hydroxyl groups excluding tert-OH is 1. The van der Waals surface area contributed by atoms with Crippen molar-refractivity contribution in [2.45, 2.75) is 56.5 Å². The van der Waals surface area contributed by atoms with E-state index in [0.29, 0.717) is 41.1 Å². The van der Waals surface area contributed by atoms with Gasteiger partial charge < -0.3 is 24.5 Å². The number of aliphatic hydroxyl groups is 1. The van der Waals surface area contributed by atoms with Crippen molar-refractivity contribution in [2.24, 2.45) is 0 Å². The predicted molar refractivity (Wildman–Crippen MR) is 133 cm³/mol. The van der Waals surface area contributed by atoms with Gasteiger partial charge in [-0.2, -0.15) is 0 Å². The molecule has 6 rings (SSSR count). The summed E-state index contributed by atoms with van der Waals surface area (Å²) >= 11 is 0. The first kappa shape index (κ1) is 24.4. The third-order valence-electron chi connectivity index (χ3n) is 7.30. The number of carbonyl (C=O) groups excluding carboxylic acids is 2. The Balaban J connectivity index is 1.08. The van der Waals surface area contributed by atoms with Crippen LogP contribution >= 0.6 is 0 Å². The van der Waals surface area contributed by atoms with Crippen molar-refractivity contribution in [2.75, 3.05) is 18.1 Å². The van der Waals surface area contributed by atoms with Crippen LogP contribution in [0.3, 0.4) is 0 Å². The molecule has 1 aliphatic carbocycles. The van der Waals surface area contributed by atoms with E-state index >= 15 is 0 Å². The lowest BCUT2D eigenvalue weighted by molar-refractivity contribution is -0.121. The van der Waals surface area contributed by atoms with Gasteiger partial charge in [0.2, 0.25) is 0 Å². The summed E-state index contributed by atoms with van der Waals surface area (Å²) in [5, 5.41) is 14.0. The summed E-state index contributed by atoms with van der Waals surface area (Å²) in [7, 11) is 0. The van der Waals surface area contributed by atoms with Crippen molar-refractivity contribution >= 4 is 28.7 Å². The Bertz CT molecular complexity index is 1480. The second-order valence-corrected chi connectivity index (χ2v) is 9.89. The summed E-state index contributed by atoms with van der Waals surface area (Å²) in [6.07, 6.45) is 1.53. The number of nitrogens with zero attached hydrogens (tertiary/aromatic N) is 4. The number of ether oxygens (including phenoxy) is 2. The quantitative estimate of drug-likeness (QED) is 0.490. The highest BCUT2D eigenvalue weighted by Gasteiger charge is 2.46. The molecule has 1 saturated heterocycles. The van der Waals surface area contributed by atoms with Gasteiger partial charge in [0.05, 0.1) is 48.0 Å². The molecule has 0 radical (unpaired) electrons. The minimum atomic E-state index is -0.911. The molecular weight excluding hydrogens is 497 g/mol. The van der Waals surface area contributed by atoms with Crippen LogP contribution in [0.2, 0.25) is 0 Å². The molecule has 1 amide bonds. The van der Waals surface area contributed by atoms with Crippen LogP contribution in [-0.4, -0.2) is 69.0 Å². The largest absolute Gasteiger partial charge is 0.484 e. The van der Waals surface area contributed by atoms with Crippen LogP contribution in [0, 0.1) is 5.82 Å². The maximum absolute atomic E-state index is 13.8. The zero-order valence-electron chi connectivity index (χ0n) is 20.4. The molecule has 0 bridgehead atoms. The first-order valence-corrected chi connectivity index (χ1v) is 12.6. The van der Waals surface area contributed by atoms with Gasteiger partial charge in [-0.1, -0.05) is 0 Å². The Morgan fingerprint density at radius 1 is 1.18 bits per heavy atom. The number of hydrogen-bond donors (Lipinski definition) is 2. The number of anilines is 1. The molecule has 2 fully saturated rings. The third-order valence-corrected chi connectivity index (χ3v) is 7.30. The molecule has 38 heavy (non-hydrogen) atoms. The van der Waals surface area contributed by atoms with Gasteiger partial charge in [-0.05, 0) is 43.2 Å². The Labute approximate surface area is 216 Å². The van der Waals surface area contributed by atoms with Gasteiger partial charge in [0.15, 0.2) is 5.78 Å². The molecule has 198 valence electrons. The van der Waals surface area contributed by atoms with Crippen LogP contribution in [0.5, 0.6) is 5.75 Å². The lowest BCUT2D eigenvalue weighted by Gasteiger charge is -2.33. The van der Waals surface area contributed by atoms with Crippen molar-refractivity contribution < 1.29 is 28.6 Å². The SMILES string of the molecule is O=C1COc2ccc(N3C(=O)O[C@H]4C[C@@H](NC[C@H](O)Cn5c(=O)cnc6ccc(F)cc65)CC[C@@H]43)nc2C1. The average Bonchev–Trinajstić information content (AvgIpc) is 3.23. The van der Waals surface area contributed by atoms with Gasteiger partial charge >= 0.3 is 6.09 Å². The fourth-order valence-electron chi connectivity index (χ4n) is 5.47. The van der Waals surface area contributed by atoms with E-state index in [9.17, 15) is 23.9 Å². The number of amides is 1. The normalized spacial score (nSPS) is 23.5. The summed E-state index contributed by atoms with van der Waals surface area (Å²) in [5.41, 5.74) is 0.877. The Kier molecular flexibility index (Phi) is 6.28. The van der Waals surface area contributed by atoms with Gasteiger partial charge in [0.25, 0.3) is 5.56 Å². The molecule has 2 aromatic heterocycles. The number of aromatic nitrogens is 3. The van der Waals surface area contributed by atoms with E-state index in [4.69, 9.17) is 9.47 Å². The monoisotopic (exact) mass is 523 g/mol. The minimum Gasteiger partial charge on any atom is -0.484 e. The first-order chi connectivity index (χ1) is 18.4. The number of nitrogens with one attached hydrogen (secondary N) is 1. The fourth-order valence-corrected chi connectivity index (χ4v) is 5.47. The Hall–Kier alpha value is -3.90. The van der Waals surface area contributed by atoms with Crippen LogP contribution in [0.1, 0.15) is 25.0 Å². The van der Waals surface area contributed by atoms with Crippen LogP contribution in [0.4, 0.5) is 15.0 Å². The molecule has 4 heterocycles. The summed E-state index contributed by atoms with van der Waals surface area (Å²) in [6, 6.07) is 7.22. The topological polar surface area (TPSA) is 136 Å². The van der Waals surface area contributed by atoms with Crippen molar-refractivity contribution in [1.29, 1.82) is 0 Å². The van der Waals surface area contributed by atoms with Crippen LogP contribution in [0.25, 0.3) is 11.0 Å². The maximum Gasteiger partial charge on any atom is 0.416 e. The molecule has 11 nitrogen and oxygen atoms in total. The molecule has 1 aromatic carbocycles. The van der Waals surface area contributed by atoms with Gasteiger partial charge in [-0.25, -0.2) is 19.2 Å². The van der Waals surface area contributed by atoms with Crippen LogP contribution < -0.4 is 20.5 Å². The molecule has 0 spiro atoms. The number of Topliss-reactive ketones (excluding diaryl/α,β-unsaturated/α-hetero) is 1. The zero-order valence-corrected chi connectivity index (χ0v) is 20.4. The van der Waals surface area contributed by atoms with Crippen molar-refractivity contribution in [3.05, 3.63) is 58.4 Å². The molecule has 2 aliphatic heterocycles. The second-order valence-electron chi connectivity index (χ2n) is 9.89. The van der Waals surface area contributed by atoms with E-state index in [2.05, 4.69) is 15.3 Å². The average molecular weight is 524 g/mol. The predicted octanol–water partition coefficient (Wildman–Crippen LogP) is 1.33. The summed E-state index contributed by atoms with van der Waals surface area (Å²) in [5.74, 6) is 0.437. The standard InChI is InChI=1S/C26H26FN5O6/c27-14-1-3-18-21(7-14)31(25(35)11-29-18)12-17(34)10-28-15-2-4-20-23(8-15)38-26(36)32(20)24-6-5-22-19(30-24)9-16(33)13-37-22/h1,3,5-7,11,15,17,20,23,28,34H,2,4,8-10,12-13H2/t15-,17-,20-,23-/m0/s1. The molecule has 4 atom stereocenters. The van der Waals surface area contributed by atoms with E-state index < -0.39 is 23.6 Å². The highest BCUT2D eigenvalue weighted by atomic mass is 19.1. The summed E-state index contributed by atoms with van der Waals surface area (Å²) < 4.78 is 26.1.